The SMILES string of the molecule is CC[C@H](c1ccc(C(=O)NCCC(=O)O)cc1)N1C(=O)C(c2cc(F)cc(Cl)c2)=NC12CC=CC(C)C2. The highest BCUT2D eigenvalue weighted by Gasteiger charge is 2.50. The van der Waals surface area contributed by atoms with Crippen LogP contribution in [0.3, 0.4) is 0 Å². The third kappa shape index (κ3) is 5.59. The molecule has 0 saturated heterocycles. The second kappa shape index (κ2) is 10.8. The van der Waals surface area contributed by atoms with Crippen LogP contribution in [0.4, 0.5) is 4.39 Å². The van der Waals surface area contributed by atoms with Gasteiger partial charge in [-0.05, 0) is 54.7 Å². The minimum atomic E-state index is -0.986. The second-order valence-corrected chi connectivity index (χ2v) is 9.97. The third-order valence-corrected chi connectivity index (χ3v) is 6.98. The number of benzene rings is 2. The highest BCUT2D eigenvalue weighted by molar-refractivity contribution is 6.47. The molecule has 0 fully saturated rings. The van der Waals surface area contributed by atoms with Crippen LogP contribution < -0.4 is 5.32 Å². The van der Waals surface area contributed by atoms with Crippen molar-refractivity contribution in [2.24, 2.45) is 10.9 Å². The van der Waals surface area contributed by atoms with E-state index in [2.05, 4.69) is 18.3 Å². The molecule has 0 saturated carbocycles. The van der Waals surface area contributed by atoms with Crippen molar-refractivity contribution < 1.29 is 23.9 Å². The molecule has 2 aromatic rings. The molecular formula is C28H29ClFN3O4. The molecule has 9 heteroatoms. The average Bonchev–Trinajstić information content (AvgIpc) is 3.10. The van der Waals surface area contributed by atoms with Crippen molar-refractivity contribution in [3.05, 3.63) is 82.1 Å². The predicted molar refractivity (Wildman–Crippen MR) is 139 cm³/mol. The number of aliphatic imine (C=N–C) groups is 1. The van der Waals surface area contributed by atoms with E-state index in [0.29, 0.717) is 30.4 Å². The summed E-state index contributed by atoms with van der Waals surface area (Å²) in [6.45, 7) is 4.09. The van der Waals surface area contributed by atoms with Crippen LogP contribution in [0.15, 0.2) is 59.6 Å². The maximum atomic E-state index is 14.2. The Bertz CT molecular complexity index is 1260. The van der Waals surface area contributed by atoms with E-state index >= 15 is 0 Å². The Labute approximate surface area is 220 Å². The fourth-order valence-electron chi connectivity index (χ4n) is 5.18. The number of carbonyl (C=O) groups excluding carboxylic acids is 2. The maximum absolute atomic E-state index is 14.2. The van der Waals surface area contributed by atoms with Crippen LogP contribution in [0.25, 0.3) is 0 Å². The van der Waals surface area contributed by atoms with E-state index in [1.165, 1.54) is 12.1 Å². The number of carboxylic acid groups (broad SMARTS) is 1. The van der Waals surface area contributed by atoms with Gasteiger partial charge in [-0.1, -0.05) is 49.7 Å². The summed E-state index contributed by atoms with van der Waals surface area (Å²) in [7, 11) is 0. The molecule has 0 radical (unpaired) electrons. The van der Waals surface area contributed by atoms with Crippen LogP contribution in [-0.4, -0.2) is 45.7 Å². The molecule has 2 aromatic carbocycles. The second-order valence-electron chi connectivity index (χ2n) is 9.54. The highest BCUT2D eigenvalue weighted by Crippen LogP contribution is 2.45. The van der Waals surface area contributed by atoms with Crippen LogP contribution in [0.5, 0.6) is 0 Å². The van der Waals surface area contributed by atoms with Gasteiger partial charge in [0.25, 0.3) is 11.8 Å². The third-order valence-electron chi connectivity index (χ3n) is 6.76. The Morgan fingerprint density at radius 1 is 1.27 bits per heavy atom. The quantitative estimate of drug-likeness (QED) is 0.466. The number of aliphatic carboxylic acids is 1. The molecule has 0 bridgehead atoms. The summed E-state index contributed by atoms with van der Waals surface area (Å²) in [5, 5.41) is 11.5. The molecule has 1 spiro atoms. The molecule has 3 atom stereocenters. The molecule has 2 amide bonds. The number of halogens is 2. The number of rotatable bonds is 8. The van der Waals surface area contributed by atoms with E-state index in [0.717, 1.165) is 5.56 Å². The van der Waals surface area contributed by atoms with Gasteiger partial charge in [0.2, 0.25) is 0 Å². The molecule has 194 valence electrons. The van der Waals surface area contributed by atoms with E-state index in [1.54, 1.807) is 30.3 Å². The zero-order valence-electron chi connectivity index (χ0n) is 20.7. The lowest BCUT2D eigenvalue weighted by Gasteiger charge is -2.43. The fraction of sp³-hybridized carbons (Fsp3) is 0.357. The van der Waals surface area contributed by atoms with E-state index in [1.807, 2.05) is 17.9 Å². The van der Waals surface area contributed by atoms with Crippen LogP contribution in [0.1, 0.15) is 67.1 Å². The number of hydrogen-bond donors (Lipinski definition) is 2. The van der Waals surface area contributed by atoms with Crippen LogP contribution in [0.2, 0.25) is 5.02 Å². The van der Waals surface area contributed by atoms with Crippen LogP contribution in [-0.2, 0) is 9.59 Å². The van der Waals surface area contributed by atoms with Gasteiger partial charge in [0.15, 0.2) is 0 Å². The zero-order chi connectivity index (χ0) is 26.7. The predicted octanol–water partition coefficient (Wildman–Crippen LogP) is 5.15. The molecule has 4 rings (SSSR count). The Morgan fingerprint density at radius 3 is 2.62 bits per heavy atom. The van der Waals surface area contributed by atoms with Gasteiger partial charge in [0, 0.05) is 29.1 Å². The lowest BCUT2D eigenvalue weighted by Crippen LogP contribution is -2.50. The van der Waals surface area contributed by atoms with Crippen molar-refractivity contribution in [1.29, 1.82) is 0 Å². The lowest BCUT2D eigenvalue weighted by molar-refractivity contribution is -0.137. The molecule has 1 heterocycles. The minimum Gasteiger partial charge on any atom is -0.481 e. The molecule has 1 aliphatic carbocycles. The zero-order valence-corrected chi connectivity index (χ0v) is 21.5. The normalized spacial score (nSPS) is 21.7. The summed E-state index contributed by atoms with van der Waals surface area (Å²) >= 11 is 6.09. The first-order chi connectivity index (χ1) is 17.6. The van der Waals surface area contributed by atoms with Gasteiger partial charge in [-0.2, -0.15) is 0 Å². The first-order valence-corrected chi connectivity index (χ1v) is 12.7. The largest absolute Gasteiger partial charge is 0.481 e. The molecular weight excluding hydrogens is 497 g/mol. The number of carboxylic acids is 1. The molecule has 37 heavy (non-hydrogen) atoms. The lowest BCUT2D eigenvalue weighted by atomic mass is 9.85. The van der Waals surface area contributed by atoms with Crippen molar-refractivity contribution in [2.45, 2.75) is 51.2 Å². The Morgan fingerprint density at radius 2 is 2.00 bits per heavy atom. The molecule has 2 unspecified atom stereocenters. The van der Waals surface area contributed by atoms with Crippen molar-refractivity contribution in [3.63, 3.8) is 0 Å². The number of amides is 2. The number of hydrogen-bond acceptors (Lipinski definition) is 4. The van der Waals surface area contributed by atoms with E-state index in [-0.39, 0.29) is 47.5 Å². The Balaban J connectivity index is 1.66. The van der Waals surface area contributed by atoms with Gasteiger partial charge in [0.05, 0.1) is 12.5 Å². The van der Waals surface area contributed by atoms with Gasteiger partial charge in [0.1, 0.15) is 17.2 Å². The summed E-state index contributed by atoms with van der Waals surface area (Å²) in [6.07, 6.45) is 5.75. The van der Waals surface area contributed by atoms with E-state index in [4.69, 9.17) is 21.7 Å². The summed E-state index contributed by atoms with van der Waals surface area (Å²) in [5.74, 6) is -1.98. The topological polar surface area (TPSA) is 99.1 Å². The molecule has 0 aromatic heterocycles. The Kier molecular flexibility index (Phi) is 7.78. The van der Waals surface area contributed by atoms with E-state index < -0.39 is 17.4 Å². The first kappa shape index (κ1) is 26.5. The summed E-state index contributed by atoms with van der Waals surface area (Å²) in [6, 6.07) is 10.6. The van der Waals surface area contributed by atoms with Gasteiger partial charge >= 0.3 is 5.97 Å². The van der Waals surface area contributed by atoms with Gasteiger partial charge in [-0.3, -0.25) is 19.4 Å². The van der Waals surface area contributed by atoms with Crippen molar-refractivity contribution >= 4 is 35.1 Å². The van der Waals surface area contributed by atoms with Gasteiger partial charge < -0.3 is 15.3 Å². The van der Waals surface area contributed by atoms with Gasteiger partial charge in [-0.25, -0.2) is 4.39 Å². The number of nitrogens with zero attached hydrogens (tertiary/aromatic N) is 2. The highest BCUT2D eigenvalue weighted by atomic mass is 35.5. The van der Waals surface area contributed by atoms with Crippen LogP contribution in [0, 0.1) is 11.7 Å². The van der Waals surface area contributed by atoms with Crippen molar-refractivity contribution in [3.8, 4) is 0 Å². The monoisotopic (exact) mass is 525 g/mol. The van der Waals surface area contributed by atoms with Crippen LogP contribution >= 0.6 is 11.6 Å². The van der Waals surface area contributed by atoms with Gasteiger partial charge in [-0.15, -0.1) is 0 Å². The average molecular weight is 526 g/mol. The smallest absolute Gasteiger partial charge is 0.305 e. The maximum Gasteiger partial charge on any atom is 0.305 e. The number of allylic oxidation sites excluding steroid dienone is 1. The van der Waals surface area contributed by atoms with Crippen molar-refractivity contribution in [2.75, 3.05) is 6.54 Å². The summed E-state index contributed by atoms with van der Waals surface area (Å²) < 4.78 is 14.2. The first-order valence-electron chi connectivity index (χ1n) is 12.3. The Hall–Kier alpha value is -3.52. The summed E-state index contributed by atoms with van der Waals surface area (Å²) in [4.78, 5) is 43.7. The summed E-state index contributed by atoms with van der Waals surface area (Å²) in [5.41, 5.74) is 0.965. The molecule has 1 aliphatic heterocycles. The minimum absolute atomic E-state index is 0.0359. The standard InChI is InChI=1S/C28H29ClFN3O4/c1-3-23(18-6-8-19(9-7-18)26(36)31-12-10-24(34)35)33-27(37)25(20-13-21(29)15-22(30)14-20)32-28(33)11-4-5-17(2)16-28/h4-9,13-15,17,23H,3,10-12,16H2,1-2H3,(H,31,36)(H,34,35)/t17?,23-,28?/m1/s1. The van der Waals surface area contributed by atoms with E-state index in [9.17, 15) is 18.8 Å². The number of carbonyl (C=O) groups is 3. The van der Waals surface area contributed by atoms with Crippen molar-refractivity contribution in [1.82, 2.24) is 10.2 Å². The molecule has 2 N–H and O–H groups in total. The molecule has 7 nitrogen and oxygen atoms in total. The number of nitrogens with one attached hydrogen (secondary N) is 1. The molecule has 2 aliphatic rings. The fourth-order valence-corrected chi connectivity index (χ4v) is 5.40.